The van der Waals surface area contributed by atoms with Gasteiger partial charge in [0.1, 0.15) is 5.75 Å². The van der Waals surface area contributed by atoms with E-state index in [-0.39, 0.29) is 0 Å². The average Bonchev–Trinajstić information content (AvgIpc) is 2.20. The SMILES string of the molecule is CCCCC(C)Cc1ccc(Br)c(O)c1. The van der Waals surface area contributed by atoms with Crippen LogP contribution in [0.5, 0.6) is 5.75 Å². The summed E-state index contributed by atoms with van der Waals surface area (Å²) in [6.45, 7) is 4.49. The van der Waals surface area contributed by atoms with Crippen molar-refractivity contribution in [2.24, 2.45) is 5.92 Å². The Balaban J connectivity index is 2.53. The summed E-state index contributed by atoms with van der Waals surface area (Å²) in [6, 6.07) is 5.84. The van der Waals surface area contributed by atoms with E-state index < -0.39 is 0 Å². The fourth-order valence-corrected chi connectivity index (χ4v) is 1.99. The molecule has 0 fully saturated rings. The van der Waals surface area contributed by atoms with Crippen LogP contribution in [0, 0.1) is 5.92 Å². The van der Waals surface area contributed by atoms with Crippen molar-refractivity contribution in [3.05, 3.63) is 28.2 Å². The van der Waals surface area contributed by atoms with Crippen LogP contribution in [-0.4, -0.2) is 5.11 Å². The summed E-state index contributed by atoms with van der Waals surface area (Å²) in [7, 11) is 0. The highest BCUT2D eigenvalue weighted by molar-refractivity contribution is 9.10. The van der Waals surface area contributed by atoms with Gasteiger partial charge in [-0.1, -0.05) is 39.2 Å². The van der Waals surface area contributed by atoms with Crippen LogP contribution in [0.4, 0.5) is 0 Å². The lowest BCUT2D eigenvalue weighted by Gasteiger charge is -2.11. The quantitative estimate of drug-likeness (QED) is 0.834. The lowest BCUT2D eigenvalue weighted by molar-refractivity contribution is 0.467. The summed E-state index contributed by atoms with van der Waals surface area (Å²) in [4.78, 5) is 0. The van der Waals surface area contributed by atoms with E-state index in [1.54, 1.807) is 0 Å². The first-order valence-electron chi connectivity index (χ1n) is 5.61. The van der Waals surface area contributed by atoms with Crippen molar-refractivity contribution in [2.75, 3.05) is 0 Å². The minimum atomic E-state index is 0.343. The number of unbranched alkanes of at least 4 members (excludes halogenated alkanes) is 1. The van der Waals surface area contributed by atoms with E-state index in [1.807, 2.05) is 12.1 Å². The molecule has 2 heteroatoms. The number of benzene rings is 1. The summed E-state index contributed by atoms with van der Waals surface area (Å²) in [5, 5.41) is 9.54. The number of halogens is 1. The lowest BCUT2D eigenvalue weighted by atomic mass is 9.96. The molecule has 1 unspecified atom stereocenters. The van der Waals surface area contributed by atoms with Crippen LogP contribution >= 0.6 is 15.9 Å². The van der Waals surface area contributed by atoms with Gasteiger partial charge in [0.2, 0.25) is 0 Å². The largest absolute Gasteiger partial charge is 0.507 e. The van der Waals surface area contributed by atoms with Crippen molar-refractivity contribution in [1.29, 1.82) is 0 Å². The molecule has 0 bridgehead atoms. The zero-order valence-corrected chi connectivity index (χ0v) is 11.0. The number of hydrogen-bond acceptors (Lipinski definition) is 1. The topological polar surface area (TPSA) is 20.2 Å². The molecule has 1 N–H and O–H groups in total. The van der Waals surface area contributed by atoms with Crippen LogP contribution in [0.2, 0.25) is 0 Å². The molecule has 1 atom stereocenters. The predicted molar refractivity (Wildman–Crippen MR) is 68.2 cm³/mol. The normalized spacial score (nSPS) is 12.7. The molecule has 15 heavy (non-hydrogen) atoms. The number of aromatic hydroxyl groups is 1. The maximum Gasteiger partial charge on any atom is 0.130 e. The van der Waals surface area contributed by atoms with E-state index >= 15 is 0 Å². The van der Waals surface area contributed by atoms with Gasteiger partial charge in [-0.3, -0.25) is 0 Å². The van der Waals surface area contributed by atoms with E-state index in [2.05, 4.69) is 35.8 Å². The zero-order chi connectivity index (χ0) is 11.3. The van der Waals surface area contributed by atoms with Crippen LogP contribution < -0.4 is 0 Å². The summed E-state index contributed by atoms with van der Waals surface area (Å²) in [6.07, 6.45) is 4.88. The van der Waals surface area contributed by atoms with Gasteiger partial charge in [0.15, 0.2) is 0 Å². The van der Waals surface area contributed by atoms with Crippen molar-refractivity contribution in [3.63, 3.8) is 0 Å². The van der Waals surface area contributed by atoms with Gasteiger partial charge in [0.05, 0.1) is 4.47 Å². The Kier molecular flexibility index (Phi) is 5.16. The second-order valence-electron chi connectivity index (χ2n) is 4.24. The summed E-state index contributed by atoms with van der Waals surface area (Å²) < 4.78 is 0.771. The van der Waals surface area contributed by atoms with Gasteiger partial charge in [-0.05, 0) is 46.0 Å². The maximum absolute atomic E-state index is 9.54. The first kappa shape index (κ1) is 12.6. The van der Waals surface area contributed by atoms with E-state index in [1.165, 1.54) is 24.8 Å². The Morgan fingerprint density at radius 1 is 1.40 bits per heavy atom. The molecule has 0 saturated carbocycles. The molecule has 1 aromatic rings. The second kappa shape index (κ2) is 6.16. The Labute approximate surface area is 101 Å². The molecule has 0 aliphatic heterocycles. The Bertz CT molecular complexity index is 309. The molecule has 0 aliphatic carbocycles. The molecule has 0 heterocycles. The molecule has 1 nitrogen and oxygen atoms in total. The molecule has 84 valence electrons. The molecular weight excluding hydrogens is 252 g/mol. The van der Waals surface area contributed by atoms with E-state index in [0.717, 1.165) is 10.9 Å². The van der Waals surface area contributed by atoms with Crippen molar-refractivity contribution in [3.8, 4) is 5.75 Å². The number of phenolic OH excluding ortho intramolecular Hbond substituents is 1. The second-order valence-corrected chi connectivity index (χ2v) is 5.09. The number of hydrogen-bond donors (Lipinski definition) is 1. The van der Waals surface area contributed by atoms with E-state index in [9.17, 15) is 5.11 Å². The van der Waals surface area contributed by atoms with Crippen LogP contribution in [-0.2, 0) is 6.42 Å². The van der Waals surface area contributed by atoms with Crippen molar-refractivity contribution >= 4 is 15.9 Å². The molecule has 0 aliphatic rings. The van der Waals surface area contributed by atoms with E-state index in [4.69, 9.17) is 0 Å². The third-order valence-corrected chi connectivity index (χ3v) is 3.32. The van der Waals surface area contributed by atoms with Crippen LogP contribution in [0.25, 0.3) is 0 Å². The van der Waals surface area contributed by atoms with Gasteiger partial charge in [0.25, 0.3) is 0 Å². The van der Waals surface area contributed by atoms with Gasteiger partial charge in [0, 0.05) is 0 Å². The van der Waals surface area contributed by atoms with Crippen LogP contribution in [0.1, 0.15) is 38.7 Å². The van der Waals surface area contributed by atoms with Gasteiger partial charge in [-0.15, -0.1) is 0 Å². The molecule has 0 saturated heterocycles. The Hall–Kier alpha value is -0.500. The number of rotatable bonds is 5. The third kappa shape index (κ3) is 4.25. The summed E-state index contributed by atoms with van der Waals surface area (Å²) in [5.41, 5.74) is 1.22. The minimum absolute atomic E-state index is 0.343. The smallest absolute Gasteiger partial charge is 0.130 e. The van der Waals surface area contributed by atoms with Gasteiger partial charge >= 0.3 is 0 Å². The minimum Gasteiger partial charge on any atom is -0.507 e. The average molecular weight is 271 g/mol. The van der Waals surface area contributed by atoms with Crippen LogP contribution in [0.3, 0.4) is 0 Å². The summed E-state index contributed by atoms with van der Waals surface area (Å²) >= 11 is 3.29. The highest BCUT2D eigenvalue weighted by Gasteiger charge is 2.05. The van der Waals surface area contributed by atoms with Gasteiger partial charge < -0.3 is 5.11 Å². The van der Waals surface area contributed by atoms with Crippen molar-refractivity contribution < 1.29 is 5.11 Å². The van der Waals surface area contributed by atoms with Crippen molar-refractivity contribution in [2.45, 2.75) is 39.5 Å². The first-order chi connectivity index (χ1) is 7.13. The summed E-state index contributed by atoms with van der Waals surface area (Å²) in [5.74, 6) is 1.04. The van der Waals surface area contributed by atoms with E-state index in [0.29, 0.717) is 11.7 Å². The zero-order valence-electron chi connectivity index (χ0n) is 9.46. The highest BCUT2D eigenvalue weighted by Crippen LogP contribution is 2.26. The first-order valence-corrected chi connectivity index (χ1v) is 6.40. The standard InChI is InChI=1S/C13H19BrO/c1-3-4-5-10(2)8-11-6-7-12(14)13(15)9-11/h6-7,9-10,15H,3-5,8H2,1-2H3. The van der Waals surface area contributed by atoms with Crippen molar-refractivity contribution in [1.82, 2.24) is 0 Å². The molecule has 0 spiro atoms. The number of phenols is 1. The van der Waals surface area contributed by atoms with Crippen LogP contribution in [0.15, 0.2) is 22.7 Å². The monoisotopic (exact) mass is 270 g/mol. The fraction of sp³-hybridized carbons (Fsp3) is 0.538. The molecule has 0 amide bonds. The third-order valence-electron chi connectivity index (χ3n) is 2.65. The van der Waals surface area contributed by atoms with Gasteiger partial charge in [-0.2, -0.15) is 0 Å². The molecule has 0 radical (unpaired) electrons. The highest BCUT2D eigenvalue weighted by atomic mass is 79.9. The molecule has 0 aromatic heterocycles. The lowest BCUT2D eigenvalue weighted by Crippen LogP contribution is -1.99. The Morgan fingerprint density at radius 3 is 2.73 bits per heavy atom. The Morgan fingerprint density at radius 2 is 2.13 bits per heavy atom. The fourth-order valence-electron chi connectivity index (χ4n) is 1.74. The maximum atomic E-state index is 9.54. The molecule has 1 rings (SSSR count). The predicted octanol–water partition coefficient (Wildman–Crippen LogP) is 4.52. The molecule has 1 aromatic carbocycles. The van der Waals surface area contributed by atoms with Gasteiger partial charge in [-0.25, -0.2) is 0 Å². The molecular formula is C13H19BrO.